The van der Waals surface area contributed by atoms with Gasteiger partial charge in [-0.3, -0.25) is 0 Å². The first kappa shape index (κ1) is 11.0. The van der Waals surface area contributed by atoms with Gasteiger partial charge in [0.1, 0.15) is 5.75 Å². The lowest BCUT2D eigenvalue weighted by atomic mass is 10.0. The molecule has 1 aliphatic heterocycles. The Morgan fingerprint density at radius 3 is 3.06 bits per heavy atom. The third-order valence-electron chi connectivity index (χ3n) is 3.04. The lowest BCUT2D eigenvalue weighted by molar-refractivity contribution is 0.410. The van der Waals surface area contributed by atoms with Crippen LogP contribution >= 0.6 is 0 Å². The molecule has 0 amide bonds. The predicted molar refractivity (Wildman–Crippen MR) is 62.3 cm³/mol. The molecule has 0 aromatic heterocycles. The Bertz CT molecular complexity index is 403. The van der Waals surface area contributed by atoms with Crippen LogP contribution in [0, 0.1) is 11.3 Å². The van der Waals surface area contributed by atoms with Crippen molar-refractivity contribution in [2.75, 3.05) is 13.7 Å². The van der Waals surface area contributed by atoms with Crippen LogP contribution in [0.25, 0.3) is 0 Å². The lowest BCUT2D eigenvalue weighted by Gasteiger charge is -2.13. The molecule has 0 bridgehead atoms. The minimum atomic E-state index is 0.406. The number of nitrogens with one attached hydrogen (secondary N) is 1. The average Bonchev–Trinajstić information content (AvgIpc) is 2.83. The molecule has 0 spiro atoms. The van der Waals surface area contributed by atoms with E-state index in [1.54, 1.807) is 7.11 Å². The summed E-state index contributed by atoms with van der Waals surface area (Å²) >= 11 is 0. The van der Waals surface area contributed by atoms with Gasteiger partial charge in [-0.25, -0.2) is 0 Å². The van der Waals surface area contributed by atoms with E-state index < -0.39 is 0 Å². The van der Waals surface area contributed by atoms with Gasteiger partial charge in [0.15, 0.2) is 0 Å². The Morgan fingerprint density at radius 2 is 2.44 bits per heavy atom. The molecule has 0 aliphatic carbocycles. The molecule has 0 saturated carbocycles. The SMILES string of the molecule is COc1ccc([C@H]2CCCN2)cc1CC#N. The van der Waals surface area contributed by atoms with Crippen LogP contribution < -0.4 is 10.1 Å². The summed E-state index contributed by atoms with van der Waals surface area (Å²) in [5.41, 5.74) is 2.25. The molecule has 1 aromatic carbocycles. The molecule has 1 saturated heterocycles. The van der Waals surface area contributed by atoms with Gasteiger partial charge in [0, 0.05) is 11.6 Å². The smallest absolute Gasteiger partial charge is 0.123 e. The minimum absolute atomic E-state index is 0.406. The van der Waals surface area contributed by atoms with Crippen molar-refractivity contribution in [1.82, 2.24) is 5.32 Å². The maximum atomic E-state index is 8.77. The zero-order valence-corrected chi connectivity index (χ0v) is 9.49. The molecule has 3 heteroatoms. The number of hydrogen-bond acceptors (Lipinski definition) is 3. The van der Waals surface area contributed by atoms with Crippen LogP contribution in [0.4, 0.5) is 0 Å². The van der Waals surface area contributed by atoms with Gasteiger partial charge < -0.3 is 10.1 Å². The van der Waals surface area contributed by atoms with Gasteiger partial charge >= 0.3 is 0 Å². The maximum absolute atomic E-state index is 8.77. The van der Waals surface area contributed by atoms with E-state index in [9.17, 15) is 0 Å². The summed E-state index contributed by atoms with van der Waals surface area (Å²) in [6.45, 7) is 1.09. The monoisotopic (exact) mass is 216 g/mol. The van der Waals surface area contributed by atoms with Crippen molar-refractivity contribution >= 4 is 0 Å². The second-order valence-electron chi connectivity index (χ2n) is 4.06. The van der Waals surface area contributed by atoms with Crippen LogP contribution in [-0.4, -0.2) is 13.7 Å². The van der Waals surface area contributed by atoms with Crippen molar-refractivity contribution in [3.63, 3.8) is 0 Å². The molecular weight excluding hydrogens is 200 g/mol. The van der Waals surface area contributed by atoms with Crippen molar-refractivity contribution < 1.29 is 4.74 Å². The van der Waals surface area contributed by atoms with E-state index >= 15 is 0 Å². The molecule has 1 atom stereocenters. The number of hydrogen-bond donors (Lipinski definition) is 1. The first-order valence-corrected chi connectivity index (χ1v) is 5.62. The van der Waals surface area contributed by atoms with Gasteiger partial charge in [-0.2, -0.15) is 5.26 Å². The van der Waals surface area contributed by atoms with Crippen LogP contribution in [0.5, 0.6) is 5.75 Å². The summed E-state index contributed by atoms with van der Waals surface area (Å²) in [6.07, 6.45) is 2.81. The molecule has 84 valence electrons. The van der Waals surface area contributed by atoms with E-state index in [1.807, 2.05) is 6.07 Å². The Labute approximate surface area is 96.0 Å². The Hall–Kier alpha value is -1.53. The summed E-state index contributed by atoms with van der Waals surface area (Å²) in [5.74, 6) is 0.809. The number of benzene rings is 1. The summed E-state index contributed by atoms with van der Waals surface area (Å²) in [4.78, 5) is 0. The summed E-state index contributed by atoms with van der Waals surface area (Å²) in [7, 11) is 1.64. The molecule has 16 heavy (non-hydrogen) atoms. The van der Waals surface area contributed by atoms with Crippen molar-refractivity contribution in [2.45, 2.75) is 25.3 Å². The molecule has 1 heterocycles. The van der Waals surface area contributed by atoms with E-state index in [4.69, 9.17) is 10.00 Å². The van der Waals surface area contributed by atoms with Gasteiger partial charge in [0.2, 0.25) is 0 Å². The first-order chi connectivity index (χ1) is 7.85. The number of ether oxygens (including phenoxy) is 1. The molecule has 0 unspecified atom stereocenters. The van der Waals surface area contributed by atoms with Gasteiger partial charge in [-0.1, -0.05) is 6.07 Å². The third kappa shape index (κ3) is 2.17. The summed E-state index contributed by atoms with van der Waals surface area (Å²) in [5, 5.41) is 12.2. The van der Waals surface area contributed by atoms with Gasteiger partial charge in [0.05, 0.1) is 19.6 Å². The molecule has 2 rings (SSSR count). The molecular formula is C13H16N2O. The second kappa shape index (κ2) is 5.00. The molecule has 1 aromatic rings. The predicted octanol–water partition coefficient (Wildman–Crippen LogP) is 2.19. The average molecular weight is 216 g/mol. The molecule has 1 N–H and O–H groups in total. The fourth-order valence-electron chi connectivity index (χ4n) is 2.21. The van der Waals surface area contributed by atoms with Gasteiger partial charge in [-0.15, -0.1) is 0 Å². The first-order valence-electron chi connectivity index (χ1n) is 5.62. The lowest BCUT2D eigenvalue weighted by Crippen LogP contribution is -2.13. The van der Waals surface area contributed by atoms with Crippen LogP contribution in [0.3, 0.4) is 0 Å². The number of nitrogens with zero attached hydrogens (tertiary/aromatic N) is 1. The normalized spacial score (nSPS) is 19.4. The highest BCUT2D eigenvalue weighted by atomic mass is 16.5. The highest BCUT2D eigenvalue weighted by Gasteiger charge is 2.17. The summed E-state index contributed by atoms with van der Waals surface area (Å²) in [6, 6.07) is 8.76. The fourth-order valence-corrected chi connectivity index (χ4v) is 2.21. The largest absolute Gasteiger partial charge is 0.496 e. The summed E-state index contributed by atoms with van der Waals surface area (Å²) < 4.78 is 5.24. The van der Waals surface area contributed by atoms with Crippen molar-refractivity contribution in [3.05, 3.63) is 29.3 Å². The topological polar surface area (TPSA) is 45.0 Å². The minimum Gasteiger partial charge on any atom is -0.496 e. The van der Waals surface area contributed by atoms with Crippen LogP contribution in [0.1, 0.15) is 30.0 Å². The maximum Gasteiger partial charge on any atom is 0.123 e. The second-order valence-corrected chi connectivity index (χ2v) is 4.06. The van der Waals surface area contributed by atoms with Gasteiger partial charge in [0.25, 0.3) is 0 Å². The molecule has 1 fully saturated rings. The van der Waals surface area contributed by atoms with Crippen molar-refractivity contribution in [2.24, 2.45) is 0 Å². The number of rotatable bonds is 3. The Morgan fingerprint density at radius 1 is 1.56 bits per heavy atom. The van der Waals surface area contributed by atoms with E-state index in [0.717, 1.165) is 17.9 Å². The molecule has 0 radical (unpaired) electrons. The number of methoxy groups -OCH3 is 1. The fraction of sp³-hybridized carbons (Fsp3) is 0.462. The molecule has 3 nitrogen and oxygen atoms in total. The van der Waals surface area contributed by atoms with Crippen LogP contribution in [0.2, 0.25) is 0 Å². The standard InChI is InChI=1S/C13H16N2O/c1-16-13-5-4-10(9-11(13)6-7-14)12-3-2-8-15-12/h4-5,9,12,15H,2-3,6,8H2,1H3/t12-/m1/s1. The third-order valence-corrected chi connectivity index (χ3v) is 3.04. The van der Waals surface area contributed by atoms with Crippen molar-refractivity contribution in [1.29, 1.82) is 5.26 Å². The molecule has 1 aliphatic rings. The zero-order chi connectivity index (χ0) is 11.4. The van der Waals surface area contributed by atoms with Crippen molar-refractivity contribution in [3.8, 4) is 11.8 Å². The zero-order valence-electron chi connectivity index (χ0n) is 9.49. The Kier molecular flexibility index (Phi) is 3.43. The number of nitriles is 1. The highest BCUT2D eigenvalue weighted by molar-refractivity contribution is 5.40. The highest BCUT2D eigenvalue weighted by Crippen LogP contribution is 2.28. The van der Waals surface area contributed by atoms with E-state index in [1.165, 1.54) is 18.4 Å². The van der Waals surface area contributed by atoms with Gasteiger partial charge in [-0.05, 0) is 37.1 Å². The van der Waals surface area contributed by atoms with Crippen LogP contribution in [0.15, 0.2) is 18.2 Å². The quantitative estimate of drug-likeness (QED) is 0.842. The van der Waals surface area contributed by atoms with Crippen LogP contribution in [-0.2, 0) is 6.42 Å². The Balaban J connectivity index is 2.27. The van der Waals surface area contributed by atoms with E-state index in [0.29, 0.717) is 12.5 Å². The van der Waals surface area contributed by atoms with E-state index in [-0.39, 0.29) is 0 Å². The van der Waals surface area contributed by atoms with E-state index in [2.05, 4.69) is 23.5 Å².